The molecule has 1 fully saturated rings. The highest BCUT2D eigenvalue weighted by atomic mass is 19.2. The van der Waals surface area contributed by atoms with E-state index >= 15 is 0 Å². The van der Waals surface area contributed by atoms with Crippen LogP contribution in [0.1, 0.15) is 24.1 Å². The average Bonchev–Trinajstić information content (AvgIpc) is 3.11. The first kappa shape index (κ1) is 23.0. The second-order valence-corrected chi connectivity index (χ2v) is 7.50. The summed E-state index contributed by atoms with van der Waals surface area (Å²) < 4.78 is 38.2. The molecule has 0 saturated carbocycles. The molecule has 174 valence electrons. The van der Waals surface area contributed by atoms with Gasteiger partial charge in [-0.15, -0.1) is 0 Å². The van der Waals surface area contributed by atoms with Crippen molar-refractivity contribution in [1.82, 2.24) is 0 Å². The van der Waals surface area contributed by atoms with Gasteiger partial charge in [-0.1, -0.05) is 12.1 Å². The fraction of sp³-hybridized carbons (Fsp3) is 0.154. The molecule has 1 amide bonds. The number of benzene rings is 3. The molecule has 0 aliphatic carbocycles. The van der Waals surface area contributed by atoms with Gasteiger partial charge in [0.2, 0.25) is 0 Å². The average molecular weight is 465 g/mol. The lowest BCUT2D eigenvalue weighted by atomic mass is 9.95. The summed E-state index contributed by atoms with van der Waals surface area (Å²) in [7, 11) is 1.49. The van der Waals surface area contributed by atoms with Gasteiger partial charge in [0.1, 0.15) is 17.3 Å². The predicted octanol–water partition coefficient (Wildman–Crippen LogP) is 5.00. The zero-order chi connectivity index (χ0) is 24.4. The summed E-state index contributed by atoms with van der Waals surface area (Å²) in [5.74, 6) is -3.45. The van der Waals surface area contributed by atoms with Crippen molar-refractivity contribution in [3.8, 4) is 11.5 Å². The van der Waals surface area contributed by atoms with Crippen LogP contribution in [0.4, 0.5) is 14.5 Å². The van der Waals surface area contributed by atoms with E-state index in [0.717, 1.165) is 17.0 Å². The zero-order valence-electron chi connectivity index (χ0n) is 18.4. The van der Waals surface area contributed by atoms with Crippen molar-refractivity contribution in [2.45, 2.75) is 13.0 Å². The minimum atomic E-state index is -1.17. The number of aliphatic hydroxyl groups is 1. The minimum Gasteiger partial charge on any atom is -0.507 e. The van der Waals surface area contributed by atoms with E-state index in [2.05, 4.69) is 0 Å². The molecule has 1 atom stereocenters. The Morgan fingerprint density at radius 1 is 0.941 bits per heavy atom. The first-order valence-electron chi connectivity index (χ1n) is 10.5. The molecule has 0 spiro atoms. The molecular weight excluding hydrogens is 444 g/mol. The quantitative estimate of drug-likeness (QED) is 0.315. The molecule has 6 nitrogen and oxygen atoms in total. The maximum absolute atomic E-state index is 14.0. The van der Waals surface area contributed by atoms with Crippen LogP contribution in [0.5, 0.6) is 11.5 Å². The van der Waals surface area contributed by atoms with E-state index in [9.17, 15) is 23.5 Å². The maximum atomic E-state index is 14.0. The number of ketones is 1. The first-order chi connectivity index (χ1) is 16.3. The van der Waals surface area contributed by atoms with Gasteiger partial charge in [0.05, 0.1) is 25.3 Å². The van der Waals surface area contributed by atoms with Crippen molar-refractivity contribution in [2.75, 3.05) is 18.6 Å². The lowest BCUT2D eigenvalue weighted by Gasteiger charge is -2.25. The third kappa shape index (κ3) is 4.10. The van der Waals surface area contributed by atoms with E-state index in [0.29, 0.717) is 29.2 Å². The number of carbonyl (C=O) groups excluding carboxylic acids is 2. The second kappa shape index (κ2) is 9.35. The van der Waals surface area contributed by atoms with Crippen LogP contribution >= 0.6 is 0 Å². The summed E-state index contributed by atoms with van der Waals surface area (Å²) in [4.78, 5) is 27.2. The molecule has 34 heavy (non-hydrogen) atoms. The number of hydrogen-bond acceptors (Lipinski definition) is 5. The molecule has 0 radical (unpaired) electrons. The van der Waals surface area contributed by atoms with Gasteiger partial charge >= 0.3 is 0 Å². The van der Waals surface area contributed by atoms with Gasteiger partial charge in [0.15, 0.2) is 11.6 Å². The van der Waals surface area contributed by atoms with Gasteiger partial charge in [-0.2, -0.15) is 0 Å². The van der Waals surface area contributed by atoms with E-state index in [-0.39, 0.29) is 11.3 Å². The number of methoxy groups -OCH3 is 1. The molecule has 4 rings (SSSR count). The third-order valence-corrected chi connectivity index (χ3v) is 5.50. The normalized spacial score (nSPS) is 17.2. The number of anilines is 1. The van der Waals surface area contributed by atoms with Gasteiger partial charge < -0.3 is 14.6 Å². The fourth-order valence-electron chi connectivity index (χ4n) is 3.87. The highest BCUT2D eigenvalue weighted by Gasteiger charge is 2.47. The van der Waals surface area contributed by atoms with Gasteiger partial charge in [0, 0.05) is 17.3 Å². The standard InChI is InChI=1S/C26H21F2NO5/c1-3-34-19-11-4-15(5-12-19)23-22(24(30)16-6-9-18(33-2)10-7-16)25(31)26(32)29(23)17-8-13-20(27)21(28)14-17/h4-14,23,30H,3H2,1-2H3/b24-22+. The van der Waals surface area contributed by atoms with E-state index in [1.54, 1.807) is 48.5 Å². The van der Waals surface area contributed by atoms with Crippen LogP contribution in [0.2, 0.25) is 0 Å². The van der Waals surface area contributed by atoms with Gasteiger partial charge in [0.25, 0.3) is 11.7 Å². The summed E-state index contributed by atoms with van der Waals surface area (Å²) in [6.45, 7) is 2.28. The first-order valence-corrected chi connectivity index (χ1v) is 10.5. The van der Waals surface area contributed by atoms with Crippen molar-refractivity contribution in [3.05, 3.63) is 95.1 Å². The number of carbonyl (C=O) groups is 2. The van der Waals surface area contributed by atoms with E-state index < -0.39 is 35.1 Å². The predicted molar refractivity (Wildman–Crippen MR) is 122 cm³/mol. The zero-order valence-corrected chi connectivity index (χ0v) is 18.4. The number of aliphatic hydroxyl groups excluding tert-OH is 1. The Labute approximate surface area is 194 Å². The SMILES string of the molecule is CCOc1ccc(C2/C(=C(\O)c3ccc(OC)cc3)C(=O)C(=O)N2c2ccc(F)c(F)c2)cc1. The minimum absolute atomic E-state index is 0.0198. The highest BCUT2D eigenvalue weighted by Crippen LogP contribution is 2.42. The molecule has 8 heteroatoms. The number of nitrogens with zero attached hydrogens (tertiary/aromatic N) is 1. The Kier molecular flexibility index (Phi) is 6.32. The largest absolute Gasteiger partial charge is 0.507 e. The topological polar surface area (TPSA) is 76.1 Å². The summed E-state index contributed by atoms with van der Waals surface area (Å²) in [5, 5.41) is 11.1. The maximum Gasteiger partial charge on any atom is 0.300 e. The van der Waals surface area contributed by atoms with Crippen molar-refractivity contribution in [1.29, 1.82) is 0 Å². The Morgan fingerprint density at radius 2 is 1.59 bits per heavy atom. The number of halogens is 2. The number of hydrogen-bond donors (Lipinski definition) is 1. The Hall–Kier alpha value is -4.20. The van der Waals surface area contributed by atoms with Crippen molar-refractivity contribution < 1.29 is 33.0 Å². The summed E-state index contributed by atoms with van der Waals surface area (Å²) in [6, 6.07) is 14.8. The smallest absolute Gasteiger partial charge is 0.300 e. The van der Waals surface area contributed by atoms with Crippen LogP contribution in [0, 0.1) is 11.6 Å². The summed E-state index contributed by atoms with van der Waals surface area (Å²) in [5.41, 5.74) is 0.570. The van der Waals surface area contributed by atoms with Gasteiger partial charge in [-0.3, -0.25) is 14.5 Å². The Balaban J connectivity index is 1.90. The molecule has 0 bridgehead atoms. The van der Waals surface area contributed by atoms with E-state index in [4.69, 9.17) is 9.47 Å². The number of ether oxygens (including phenoxy) is 2. The second-order valence-electron chi connectivity index (χ2n) is 7.50. The monoisotopic (exact) mass is 465 g/mol. The summed E-state index contributed by atoms with van der Waals surface area (Å²) >= 11 is 0. The lowest BCUT2D eigenvalue weighted by Crippen LogP contribution is -2.29. The van der Waals surface area contributed by atoms with E-state index in [1.165, 1.54) is 13.2 Å². The molecule has 3 aromatic carbocycles. The highest BCUT2D eigenvalue weighted by molar-refractivity contribution is 6.51. The van der Waals surface area contributed by atoms with Crippen molar-refractivity contribution >= 4 is 23.1 Å². The molecule has 1 aliphatic rings. The van der Waals surface area contributed by atoms with Gasteiger partial charge in [-0.25, -0.2) is 8.78 Å². The third-order valence-electron chi connectivity index (χ3n) is 5.50. The fourth-order valence-corrected chi connectivity index (χ4v) is 3.87. The number of Topliss-reactive ketones (excluding diaryl/α,β-unsaturated/α-hetero) is 1. The molecule has 1 unspecified atom stereocenters. The van der Waals surface area contributed by atoms with Crippen molar-refractivity contribution in [2.24, 2.45) is 0 Å². The van der Waals surface area contributed by atoms with Gasteiger partial charge in [-0.05, 0) is 61.0 Å². The van der Waals surface area contributed by atoms with Crippen LogP contribution in [0.25, 0.3) is 5.76 Å². The number of amides is 1. The molecule has 1 N–H and O–H groups in total. The summed E-state index contributed by atoms with van der Waals surface area (Å²) in [6.07, 6.45) is 0. The van der Waals surface area contributed by atoms with E-state index in [1.807, 2.05) is 6.92 Å². The molecule has 1 heterocycles. The Morgan fingerprint density at radius 3 is 2.18 bits per heavy atom. The van der Waals surface area contributed by atoms with Crippen molar-refractivity contribution in [3.63, 3.8) is 0 Å². The lowest BCUT2D eigenvalue weighted by molar-refractivity contribution is -0.132. The van der Waals surface area contributed by atoms with Crippen LogP contribution in [-0.2, 0) is 9.59 Å². The Bertz CT molecular complexity index is 1270. The molecular formula is C26H21F2NO5. The van der Waals surface area contributed by atoms with Crippen LogP contribution in [-0.4, -0.2) is 30.5 Å². The molecule has 1 aliphatic heterocycles. The molecule has 0 aromatic heterocycles. The van der Waals surface area contributed by atoms with Crippen LogP contribution < -0.4 is 14.4 Å². The number of rotatable bonds is 6. The molecule has 3 aromatic rings. The van der Waals surface area contributed by atoms with Crippen LogP contribution in [0.3, 0.4) is 0 Å². The molecule has 1 saturated heterocycles. The van der Waals surface area contributed by atoms with Crippen LogP contribution in [0.15, 0.2) is 72.3 Å².